The van der Waals surface area contributed by atoms with E-state index < -0.39 is 0 Å². The molecule has 1 heterocycles. The number of hydrogen-bond donors (Lipinski definition) is 1. The molecule has 86 valence electrons. The quantitative estimate of drug-likeness (QED) is 0.853. The summed E-state index contributed by atoms with van der Waals surface area (Å²) < 4.78 is 7.97. The van der Waals surface area contributed by atoms with Crippen molar-refractivity contribution in [1.82, 2.24) is 9.27 Å². The van der Waals surface area contributed by atoms with E-state index in [9.17, 15) is 0 Å². The Morgan fingerprint density at radius 1 is 1.44 bits per heavy atom. The monoisotopic (exact) mass is 256 g/mol. The molecule has 16 heavy (non-hydrogen) atoms. The van der Waals surface area contributed by atoms with Crippen LogP contribution in [-0.4, -0.2) is 36.5 Å². The molecular weight excluding hydrogens is 242 g/mol. The van der Waals surface area contributed by atoms with E-state index >= 15 is 0 Å². The van der Waals surface area contributed by atoms with Crippen LogP contribution in [0.25, 0.3) is 10.9 Å². The number of aromatic nitrogens is 1. The molecule has 5 heteroatoms. The molecule has 0 aliphatic rings. The van der Waals surface area contributed by atoms with Crippen LogP contribution >= 0.6 is 22.5 Å². The lowest BCUT2D eigenvalue weighted by molar-refractivity contribution is 0.426. The second-order valence-electron chi connectivity index (χ2n) is 3.92. The van der Waals surface area contributed by atoms with Gasteiger partial charge in [-0.25, -0.2) is 0 Å². The molecule has 0 spiro atoms. The Morgan fingerprint density at radius 2 is 2.25 bits per heavy atom. The Labute approximate surface area is 103 Å². The summed E-state index contributed by atoms with van der Waals surface area (Å²) in [5.41, 5.74) is 0.994. The van der Waals surface area contributed by atoms with Crippen LogP contribution in [0.15, 0.2) is 23.6 Å². The lowest BCUT2D eigenvalue weighted by atomic mass is 10.3. The second kappa shape index (κ2) is 5.10. The van der Waals surface area contributed by atoms with Crippen LogP contribution in [-0.2, 0) is 0 Å². The van der Waals surface area contributed by atoms with E-state index in [1.807, 2.05) is 18.2 Å². The highest BCUT2D eigenvalue weighted by molar-refractivity contribution is 7.27. The van der Waals surface area contributed by atoms with Gasteiger partial charge >= 0.3 is 0 Å². The first-order valence-electron chi connectivity index (χ1n) is 5.13. The predicted octanol–water partition coefficient (Wildman–Crippen LogP) is 2.74. The van der Waals surface area contributed by atoms with Gasteiger partial charge in [0, 0.05) is 11.6 Å². The molecule has 1 N–H and O–H groups in total. The summed E-state index contributed by atoms with van der Waals surface area (Å²) in [7, 11) is 3.94. The minimum absolute atomic E-state index is 0.184. The number of nitrogens with zero attached hydrogens (tertiary/aromatic N) is 2. The van der Waals surface area contributed by atoms with E-state index in [-0.39, 0.29) is 10.9 Å². The minimum atomic E-state index is -0.184. The van der Waals surface area contributed by atoms with Gasteiger partial charge < -0.3 is 4.90 Å². The van der Waals surface area contributed by atoms with Crippen LogP contribution in [0.3, 0.4) is 0 Å². The highest BCUT2D eigenvalue weighted by atomic mass is 35.5. The smallest absolute Gasteiger partial charge is 0.195 e. The predicted molar refractivity (Wildman–Crippen MR) is 72.0 cm³/mol. The van der Waals surface area contributed by atoms with E-state index in [1.165, 1.54) is 5.39 Å². The van der Waals surface area contributed by atoms with Gasteiger partial charge in [0.15, 0.2) is 16.2 Å². The molecule has 0 saturated carbocycles. The molecule has 0 amide bonds. The van der Waals surface area contributed by atoms with Crippen LogP contribution in [0.5, 0.6) is 0 Å². The molecule has 1 unspecified atom stereocenters. The first-order chi connectivity index (χ1) is 7.65. The number of halogens is 1. The summed E-state index contributed by atoms with van der Waals surface area (Å²) in [5.74, 6) is 0. The molecule has 0 aliphatic carbocycles. The van der Waals surface area contributed by atoms with Crippen molar-refractivity contribution < 1.29 is 0 Å². The zero-order chi connectivity index (χ0) is 11.5. The molecule has 0 bridgehead atoms. The molecule has 2 aromatic rings. The Balaban J connectivity index is 2.08. The van der Waals surface area contributed by atoms with E-state index in [4.69, 9.17) is 11.6 Å². The molecule has 0 saturated heterocycles. The van der Waals surface area contributed by atoms with Crippen molar-refractivity contribution in [3.63, 3.8) is 0 Å². The Kier molecular flexibility index (Phi) is 3.76. The van der Waals surface area contributed by atoms with Crippen LogP contribution in [0, 0.1) is 0 Å². The fourth-order valence-corrected chi connectivity index (χ4v) is 2.87. The molecule has 0 aliphatic heterocycles. The van der Waals surface area contributed by atoms with Crippen LogP contribution in [0.4, 0.5) is 0 Å². The minimum Gasteiger partial charge on any atom is -0.308 e. The van der Waals surface area contributed by atoms with E-state index in [2.05, 4.69) is 33.5 Å². The third kappa shape index (κ3) is 2.92. The second-order valence-corrected chi connectivity index (χ2v) is 5.70. The van der Waals surface area contributed by atoms with Gasteiger partial charge in [-0.3, -0.25) is 0 Å². The summed E-state index contributed by atoms with van der Waals surface area (Å²) in [4.78, 5) is 2.15. The molecular formula is C11H15ClN3S+. The summed E-state index contributed by atoms with van der Waals surface area (Å²) >= 11 is 5.92. The highest BCUT2D eigenvalue weighted by Gasteiger charge is 2.11. The van der Waals surface area contributed by atoms with Crippen molar-refractivity contribution in [2.24, 2.45) is 0 Å². The van der Waals surface area contributed by atoms with Gasteiger partial charge in [0.05, 0.1) is 11.9 Å². The first kappa shape index (κ1) is 11.8. The molecule has 0 radical (unpaired) electrons. The van der Waals surface area contributed by atoms with Crippen LogP contribution in [0.2, 0.25) is 5.02 Å². The molecule has 1 aromatic carbocycles. The van der Waals surface area contributed by atoms with Gasteiger partial charge in [-0.2, -0.15) is 0 Å². The van der Waals surface area contributed by atoms with Gasteiger partial charge in [-0.05, 0) is 36.7 Å². The zero-order valence-electron chi connectivity index (χ0n) is 9.40. The van der Waals surface area contributed by atoms with Gasteiger partial charge in [0.25, 0.3) is 0 Å². The van der Waals surface area contributed by atoms with E-state index in [0.717, 1.165) is 23.6 Å². The van der Waals surface area contributed by atoms with E-state index in [1.54, 1.807) is 0 Å². The van der Waals surface area contributed by atoms with Gasteiger partial charge in [0.1, 0.15) is 5.52 Å². The van der Waals surface area contributed by atoms with Crippen molar-refractivity contribution >= 4 is 33.4 Å². The maximum absolute atomic E-state index is 5.92. The molecule has 1 atom stereocenters. The van der Waals surface area contributed by atoms with Gasteiger partial charge in [-0.1, -0.05) is 16.3 Å². The normalized spacial score (nSPS) is 12.6. The van der Waals surface area contributed by atoms with Crippen LogP contribution in [0.1, 0.15) is 0 Å². The van der Waals surface area contributed by atoms with Crippen molar-refractivity contribution in [2.75, 3.05) is 31.9 Å². The number of benzene rings is 1. The largest absolute Gasteiger partial charge is 0.308 e. The standard InChI is InChI=1S/C11H14ClN3S/c1-15(2)6-5-13-16-8-9-3-4-10(12)7-11(9)14-16/h3-4,7-8H,5-6H2,1-2H3/p+1. The number of hydrogen-bond acceptors (Lipinski definition) is 3. The maximum atomic E-state index is 5.92. The lowest BCUT2D eigenvalue weighted by Crippen LogP contribution is -2.20. The topological polar surface area (TPSA) is 28.2 Å². The van der Waals surface area contributed by atoms with Crippen LogP contribution < -0.4 is 4.72 Å². The van der Waals surface area contributed by atoms with Crippen molar-refractivity contribution in [1.29, 1.82) is 0 Å². The van der Waals surface area contributed by atoms with Gasteiger partial charge in [0.2, 0.25) is 0 Å². The van der Waals surface area contributed by atoms with Gasteiger partial charge in [-0.15, -0.1) is 0 Å². The number of nitrogens with one attached hydrogen (secondary N) is 1. The van der Waals surface area contributed by atoms with Crippen molar-refractivity contribution in [3.05, 3.63) is 28.6 Å². The number of fused-ring (bicyclic) bond motifs is 1. The Hall–Kier alpha value is -0.680. The zero-order valence-corrected chi connectivity index (χ0v) is 11.0. The number of likely N-dealkylation sites (N-methyl/N-ethyl adjacent to an activating group) is 1. The molecule has 1 aromatic heterocycles. The third-order valence-electron chi connectivity index (χ3n) is 2.24. The molecule has 0 fully saturated rings. The Bertz CT molecular complexity index is 481. The average molecular weight is 257 g/mol. The maximum Gasteiger partial charge on any atom is 0.195 e. The molecule has 3 nitrogen and oxygen atoms in total. The summed E-state index contributed by atoms with van der Waals surface area (Å²) in [6.45, 7) is 1.96. The molecule has 2 rings (SSSR count). The van der Waals surface area contributed by atoms with Crippen molar-refractivity contribution in [2.45, 2.75) is 0 Å². The first-order valence-corrected chi connectivity index (χ1v) is 6.75. The third-order valence-corrected chi connectivity index (χ3v) is 3.84. The van der Waals surface area contributed by atoms with E-state index in [0.29, 0.717) is 0 Å². The number of rotatable bonds is 4. The fraction of sp³-hybridized carbons (Fsp3) is 0.364. The lowest BCUT2D eigenvalue weighted by Gasteiger charge is -2.05. The summed E-state index contributed by atoms with van der Waals surface area (Å²) in [6, 6.07) is 5.83. The average Bonchev–Trinajstić information content (AvgIpc) is 2.58. The Morgan fingerprint density at radius 3 is 3.00 bits per heavy atom. The summed E-state index contributed by atoms with van der Waals surface area (Å²) in [6.07, 6.45) is 0. The summed E-state index contributed by atoms with van der Waals surface area (Å²) in [5, 5.41) is 4.07. The SMILES string of the molecule is CN(C)CCN[s+]1cc2ccc(Cl)cc2n1. The highest BCUT2D eigenvalue weighted by Crippen LogP contribution is 2.24. The fourth-order valence-electron chi connectivity index (χ4n) is 1.40. The van der Waals surface area contributed by atoms with Crippen molar-refractivity contribution in [3.8, 4) is 0 Å².